The van der Waals surface area contributed by atoms with E-state index in [4.69, 9.17) is 19.7 Å². The van der Waals surface area contributed by atoms with Crippen LogP contribution in [-0.4, -0.2) is 29.9 Å². The number of rotatable bonds is 8. The van der Waals surface area contributed by atoms with Gasteiger partial charge in [0.15, 0.2) is 0 Å². The van der Waals surface area contributed by atoms with Crippen LogP contribution in [0.2, 0.25) is 0 Å². The van der Waals surface area contributed by atoms with Crippen molar-refractivity contribution in [2.24, 2.45) is 11.7 Å². The van der Waals surface area contributed by atoms with E-state index in [1.54, 1.807) is 0 Å². The molecule has 6 nitrogen and oxygen atoms in total. The number of nitrogens with two attached hydrogens (primary N) is 1. The zero-order valence-electron chi connectivity index (χ0n) is 12.2. The predicted molar refractivity (Wildman–Crippen MR) is 74.0 cm³/mol. The molecule has 0 aliphatic heterocycles. The lowest BCUT2D eigenvalue weighted by Gasteiger charge is -2.27. The Bertz CT molecular complexity index is 377. The standard InChI is InChI=1S/C14H25N3O3/c1-2-19-13(11-6-4-3-5-7-11)14-16-12(20-17-14)10-18-9-8-15/h11,13H,2-10,15H2,1H3. The Balaban J connectivity index is 1.97. The van der Waals surface area contributed by atoms with Gasteiger partial charge in [-0.15, -0.1) is 0 Å². The molecule has 1 fully saturated rings. The van der Waals surface area contributed by atoms with Crippen LogP contribution in [0.3, 0.4) is 0 Å². The zero-order valence-corrected chi connectivity index (χ0v) is 12.2. The highest BCUT2D eigenvalue weighted by Crippen LogP contribution is 2.35. The molecular weight excluding hydrogens is 258 g/mol. The average molecular weight is 283 g/mol. The summed E-state index contributed by atoms with van der Waals surface area (Å²) in [5.41, 5.74) is 5.37. The molecule has 0 bridgehead atoms. The van der Waals surface area contributed by atoms with Crippen LogP contribution < -0.4 is 5.73 Å². The van der Waals surface area contributed by atoms with Crippen LogP contribution in [0.5, 0.6) is 0 Å². The Morgan fingerprint density at radius 3 is 2.85 bits per heavy atom. The minimum Gasteiger partial charge on any atom is -0.370 e. The Morgan fingerprint density at radius 1 is 1.35 bits per heavy atom. The molecule has 1 aliphatic carbocycles. The van der Waals surface area contributed by atoms with Crippen LogP contribution in [0.15, 0.2) is 4.52 Å². The Hall–Kier alpha value is -0.980. The van der Waals surface area contributed by atoms with Gasteiger partial charge >= 0.3 is 0 Å². The fourth-order valence-corrected chi connectivity index (χ4v) is 2.72. The maximum atomic E-state index is 5.86. The smallest absolute Gasteiger partial charge is 0.252 e. The Labute approximate surface area is 120 Å². The summed E-state index contributed by atoms with van der Waals surface area (Å²) < 4.78 is 16.4. The minimum absolute atomic E-state index is 0.0488. The van der Waals surface area contributed by atoms with Crippen molar-refractivity contribution >= 4 is 0 Å². The molecule has 2 rings (SSSR count). The molecule has 6 heteroatoms. The summed E-state index contributed by atoms with van der Waals surface area (Å²) in [5.74, 6) is 1.65. The van der Waals surface area contributed by atoms with Crippen molar-refractivity contribution in [3.05, 3.63) is 11.7 Å². The third kappa shape index (κ3) is 4.26. The third-order valence-electron chi connectivity index (χ3n) is 3.65. The van der Waals surface area contributed by atoms with Gasteiger partial charge in [-0.2, -0.15) is 4.98 Å². The fourth-order valence-electron chi connectivity index (χ4n) is 2.72. The molecule has 1 aromatic rings. The van der Waals surface area contributed by atoms with Crippen LogP contribution in [0.1, 0.15) is 56.8 Å². The summed E-state index contributed by atoms with van der Waals surface area (Å²) in [6.45, 7) is 3.96. The molecule has 1 heterocycles. The number of ether oxygens (including phenoxy) is 2. The molecule has 0 aromatic carbocycles. The first-order valence-corrected chi connectivity index (χ1v) is 7.57. The lowest BCUT2D eigenvalue weighted by molar-refractivity contribution is -0.00145. The molecule has 1 aliphatic rings. The summed E-state index contributed by atoms with van der Waals surface area (Å²) in [6, 6.07) is 0. The topological polar surface area (TPSA) is 83.4 Å². The molecule has 0 radical (unpaired) electrons. The molecule has 1 unspecified atom stereocenters. The second kappa shape index (κ2) is 8.34. The lowest BCUT2D eigenvalue weighted by atomic mass is 9.85. The lowest BCUT2D eigenvalue weighted by Crippen LogP contribution is -2.20. The van der Waals surface area contributed by atoms with Crippen molar-refractivity contribution in [1.29, 1.82) is 0 Å². The number of hydrogen-bond donors (Lipinski definition) is 1. The van der Waals surface area contributed by atoms with Crippen LogP contribution in [-0.2, 0) is 16.1 Å². The van der Waals surface area contributed by atoms with Gasteiger partial charge in [-0.25, -0.2) is 0 Å². The minimum atomic E-state index is -0.0488. The summed E-state index contributed by atoms with van der Waals surface area (Å²) in [4.78, 5) is 4.41. The normalized spacial score (nSPS) is 18.3. The second-order valence-corrected chi connectivity index (χ2v) is 5.16. The number of hydrogen-bond acceptors (Lipinski definition) is 6. The first-order chi connectivity index (χ1) is 9.85. The van der Waals surface area contributed by atoms with Crippen LogP contribution in [0, 0.1) is 5.92 Å². The molecular formula is C14H25N3O3. The van der Waals surface area contributed by atoms with Gasteiger partial charge in [-0.1, -0.05) is 24.4 Å². The van der Waals surface area contributed by atoms with Gasteiger partial charge in [0.25, 0.3) is 5.89 Å². The van der Waals surface area contributed by atoms with E-state index in [-0.39, 0.29) is 6.10 Å². The average Bonchev–Trinajstić information content (AvgIpc) is 2.94. The van der Waals surface area contributed by atoms with Crippen molar-refractivity contribution < 1.29 is 14.0 Å². The second-order valence-electron chi connectivity index (χ2n) is 5.16. The van der Waals surface area contributed by atoms with Crippen LogP contribution >= 0.6 is 0 Å². The molecule has 2 N–H and O–H groups in total. The van der Waals surface area contributed by atoms with E-state index < -0.39 is 0 Å². The highest BCUT2D eigenvalue weighted by Gasteiger charge is 2.29. The largest absolute Gasteiger partial charge is 0.370 e. The molecule has 0 saturated heterocycles. The molecule has 20 heavy (non-hydrogen) atoms. The molecule has 0 amide bonds. The highest BCUT2D eigenvalue weighted by atomic mass is 16.5. The van der Waals surface area contributed by atoms with Gasteiger partial charge in [0.2, 0.25) is 5.82 Å². The van der Waals surface area contributed by atoms with Crippen molar-refractivity contribution in [3.63, 3.8) is 0 Å². The third-order valence-corrected chi connectivity index (χ3v) is 3.65. The summed E-state index contributed by atoms with van der Waals surface area (Å²) in [7, 11) is 0. The van der Waals surface area contributed by atoms with Crippen molar-refractivity contribution in [1.82, 2.24) is 10.1 Å². The van der Waals surface area contributed by atoms with E-state index in [0.717, 1.165) is 0 Å². The van der Waals surface area contributed by atoms with Crippen LogP contribution in [0.25, 0.3) is 0 Å². The van der Waals surface area contributed by atoms with Gasteiger partial charge in [-0.05, 0) is 25.7 Å². The Kier molecular flexibility index (Phi) is 6.42. The quantitative estimate of drug-likeness (QED) is 0.736. The SMILES string of the molecule is CCOC(c1noc(COCCN)n1)C1CCCCC1. The fraction of sp³-hybridized carbons (Fsp3) is 0.857. The summed E-state index contributed by atoms with van der Waals surface area (Å²) in [6.07, 6.45) is 6.15. The van der Waals surface area contributed by atoms with E-state index in [9.17, 15) is 0 Å². The van der Waals surface area contributed by atoms with Crippen LogP contribution in [0.4, 0.5) is 0 Å². The number of nitrogens with zero attached hydrogens (tertiary/aromatic N) is 2. The first-order valence-electron chi connectivity index (χ1n) is 7.57. The van der Waals surface area contributed by atoms with E-state index in [2.05, 4.69) is 10.1 Å². The van der Waals surface area contributed by atoms with Crippen molar-refractivity contribution in [3.8, 4) is 0 Å². The molecule has 1 atom stereocenters. The van der Waals surface area contributed by atoms with Gasteiger partial charge in [0, 0.05) is 13.2 Å². The number of aromatic nitrogens is 2. The summed E-state index contributed by atoms with van der Waals surface area (Å²) >= 11 is 0. The maximum absolute atomic E-state index is 5.86. The van der Waals surface area contributed by atoms with Gasteiger partial charge < -0.3 is 19.7 Å². The predicted octanol–water partition coefficient (Wildman–Crippen LogP) is 2.20. The van der Waals surface area contributed by atoms with E-state index in [1.807, 2.05) is 6.92 Å². The van der Waals surface area contributed by atoms with Gasteiger partial charge in [-0.3, -0.25) is 0 Å². The van der Waals surface area contributed by atoms with E-state index in [1.165, 1.54) is 32.1 Å². The zero-order chi connectivity index (χ0) is 14.2. The van der Waals surface area contributed by atoms with Crippen molar-refractivity contribution in [2.45, 2.75) is 51.7 Å². The van der Waals surface area contributed by atoms with Crippen molar-refractivity contribution in [2.75, 3.05) is 19.8 Å². The van der Waals surface area contributed by atoms with Gasteiger partial charge in [0.1, 0.15) is 12.7 Å². The van der Waals surface area contributed by atoms with E-state index in [0.29, 0.717) is 44.0 Å². The molecule has 1 saturated carbocycles. The van der Waals surface area contributed by atoms with E-state index >= 15 is 0 Å². The molecule has 0 spiro atoms. The van der Waals surface area contributed by atoms with Gasteiger partial charge in [0.05, 0.1) is 6.61 Å². The molecule has 1 aromatic heterocycles. The summed E-state index contributed by atoms with van der Waals surface area (Å²) in [5, 5.41) is 4.07. The molecule has 114 valence electrons. The Morgan fingerprint density at radius 2 is 2.15 bits per heavy atom. The first kappa shape index (κ1) is 15.4. The maximum Gasteiger partial charge on any atom is 0.252 e. The highest BCUT2D eigenvalue weighted by molar-refractivity contribution is 4.94. The monoisotopic (exact) mass is 283 g/mol.